The van der Waals surface area contributed by atoms with Crippen LogP contribution in [0, 0.1) is 45.6 Å². The number of rotatable bonds is 4. The molecule has 0 fully saturated rings. The number of allylic oxidation sites excluding steroid dienone is 1. The van der Waals surface area contributed by atoms with E-state index >= 15 is 0 Å². The van der Waals surface area contributed by atoms with Gasteiger partial charge in [-0.25, -0.2) is 8.78 Å². The molecule has 0 spiro atoms. The quantitative estimate of drug-likeness (QED) is 0.840. The smallest absolute Gasteiger partial charge is 0.243 e. The Morgan fingerprint density at radius 1 is 1.38 bits per heavy atom. The number of nitriles is 2. The van der Waals surface area contributed by atoms with Crippen molar-refractivity contribution in [3.63, 3.8) is 0 Å². The fourth-order valence-corrected chi connectivity index (χ4v) is 3.43. The van der Waals surface area contributed by atoms with Crippen LogP contribution in [0.3, 0.4) is 0 Å². The lowest BCUT2D eigenvalue weighted by molar-refractivity contribution is -0.125. The van der Waals surface area contributed by atoms with Gasteiger partial charge in [-0.1, -0.05) is 25.6 Å². The zero-order valence-corrected chi connectivity index (χ0v) is 14.7. The molecule has 1 atom stereocenters. The van der Waals surface area contributed by atoms with E-state index in [1.54, 1.807) is 13.8 Å². The summed E-state index contributed by atoms with van der Waals surface area (Å²) < 4.78 is 26.7. The molecule has 6 nitrogen and oxygen atoms in total. The topological polar surface area (TPSA) is 106 Å². The largest absolute Gasteiger partial charge is 0.323 e. The molecule has 134 valence electrons. The molecular weight excluding hydrogens is 362 g/mol. The van der Waals surface area contributed by atoms with E-state index in [4.69, 9.17) is 5.26 Å². The summed E-state index contributed by atoms with van der Waals surface area (Å²) in [5.74, 6) is -3.96. The molecule has 0 saturated heterocycles. The molecule has 2 N–H and O–H groups in total. The average Bonchev–Trinajstić information content (AvgIpc) is 2.55. The Bertz CT molecular complexity index is 884. The van der Waals surface area contributed by atoms with Gasteiger partial charge in [-0.2, -0.15) is 10.5 Å². The van der Waals surface area contributed by atoms with E-state index in [1.165, 1.54) is 0 Å². The molecule has 2 rings (SSSR count). The van der Waals surface area contributed by atoms with E-state index in [9.17, 15) is 23.6 Å². The summed E-state index contributed by atoms with van der Waals surface area (Å²) in [5, 5.41) is 23.4. The summed E-state index contributed by atoms with van der Waals surface area (Å²) in [5.41, 5.74) is -1.14. The van der Waals surface area contributed by atoms with Crippen LogP contribution in [0.4, 0.5) is 14.5 Å². The van der Waals surface area contributed by atoms with Crippen LogP contribution < -0.4 is 10.6 Å². The number of anilines is 1. The number of hydrogen-bond acceptors (Lipinski definition) is 5. The monoisotopic (exact) mass is 376 g/mol. The van der Waals surface area contributed by atoms with E-state index in [0.29, 0.717) is 0 Å². The van der Waals surface area contributed by atoms with Crippen LogP contribution in [0.25, 0.3) is 0 Å². The SMILES string of the molecule is CC1(C)C(C#N)=C(SCC(=O)Nc2cc(F)ccc2F)NC(=O)[C@@H]1C#N. The van der Waals surface area contributed by atoms with E-state index in [1.807, 2.05) is 12.1 Å². The highest BCUT2D eigenvalue weighted by molar-refractivity contribution is 8.03. The summed E-state index contributed by atoms with van der Waals surface area (Å²) >= 11 is 0.874. The summed E-state index contributed by atoms with van der Waals surface area (Å²) in [6.07, 6.45) is 0. The van der Waals surface area contributed by atoms with Gasteiger partial charge in [0.15, 0.2) is 0 Å². The molecule has 1 aromatic rings. The molecule has 1 aliphatic rings. The van der Waals surface area contributed by atoms with Gasteiger partial charge in [-0.3, -0.25) is 9.59 Å². The minimum Gasteiger partial charge on any atom is -0.323 e. The molecular formula is C17H14F2N4O2S. The third-order valence-electron chi connectivity index (χ3n) is 3.88. The number of nitrogens with zero attached hydrogens (tertiary/aromatic N) is 2. The van der Waals surface area contributed by atoms with Crippen molar-refractivity contribution in [3.05, 3.63) is 40.4 Å². The van der Waals surface area contributed by atoms with Crippen molar-refractivity contribution in [2.75, 3.05) is 11.1 Å². The van der Waals surface area contributed by atoms with Crippen LogP contribution >= 0.6 is 11.8 Å². The standard InChI is InChI=1S/C17H14F2N4O2S/c1-17(2)10(6-20)15(25)23-16(11(17)7-21)26-8-14(24)22-13-5-9(18)3-4-12(13)19/h3-5,10H,8H2,1-2H3,(H,22,24)(H,23,25)/t10-/m0/s1. The van der Waals surface area contributed by atoms with Crippen molar-refractivity contribution in [1.29, 1.82) is 10.5 Å². The zero-order chi connectivity index (χ0) is 19.5. The summed E-state index contributed by atoms with van der Waals surface area (Å²) in [6, 6.07) is 6.51. The number of nitrogens with one attached hydrogen (secondary N) is 2. The van der Waals surface area contributed by atoms with Gasteiger partial charge in [-0.15, -0.1) is 0 Å². The lowest BCUT2D eigenvalue weighted by Crippen LogP contribution is -2.44. The Hall–Kier alpha value is -2.91. The van der Waals surface area contributed by atoms with Crippen molar-refractivity contribution >= 4 is 29.3 Å². The Morgan fingerprint density at radius 3 is 2.69 bits per heavy atom. The van der Waals surface area contributed by atoms with Gasteiger partial charge in [0.1, 0.15) is 17.6 Å². The second kappa shape index (κ2) is 7.54. The highest BCUT2D eigenvalue weighted by atomic mass is 32.2. The Balaban J connectivity index is 2.15. The molecule has 0 bridgehead atoms. The Labute approximate surface area is 152 Å². The average molecular weight is 376 g/mol. The van der Waals surface area contributed by atoms with Crippen molar-refractivity contribution in [1.82, 2.24) is 5.32 Å². The number of carbonyl (C=O) groups excluding carboxylic acids is 2. The predicted molar refractivity (Wildman–Crippen MR) is 91.1 cm³/mol. The number of benzene rings is 1. The fraction of sp³-hybridized carbons (Fsp3) is 0.294. The fourth-order valence-electron chi connectivity index (χ4n) is 2.45. The first kappa shape index (κ1) is 19.4. The summed E-state index contributed by atoms with van der Waals surface area (Å²) in [7, 11) is 0. The predicted octanol–water partition coefficient (Wildman–Crippen LogP) is 2.67. The lowest BCUT2D eigenvalue weighted by atomic mass is 9.72. The van der Waals surface area contributed by atoms with Gasteiger partial charge in [0.05, 0.1) is 34.2 Å². The number of hydrogen-bond donors (Lipinski definition) is 2. The molecule has 1 heterocycles. The number of amides is 2. The van der Waals surface area contributed by atoms with Crippen LogP contribution in [0.5, 0.6) is 0 Å². The summed E-state index contributed by atoms with van der Waals surface area (Å²) in [6.45, 7) is 3.20. The summed E-state index contributed by atoms with van der Waals surface area (Å²) in [4.78, 5) is 24.0. The molecule has 2 amide bonds. The van der Waals surface area contributed by atoms with Crippen LogP contribution in [-0.4, -0.2) is 17.6 Å². The maximum atomic E-state index is 13.5. The van der Waals surface area contributed by atoms with Gasteiger partial charge in [0, 0.05) is 11.5 Å². The minimum atomic E-state index is -1.03. The van der Waals surface area contributed by atoms with Gasteiger partial charge in [0.2, 0.25) is 11.8 Å². The maximum absolute atomic E-state index is 13.5. The maximum Gasteiger partial charge on any atom is 0.243 e. The van der Waals surface area contributed by atoms with Gasteiger partial charge < -0.3 is 10.6 Å². The first-order valence-electron chi connectivity index (χ1n) is 7.43. The molecule has 0 saturated carbocycles. The van der Waals surface area contributed by atoms with Gasteiger partial charge >= 0.3 is 0 Å². The second-order valence-corrected chi connectivity index (χ2v) is 7.04. The van der Waals surface area contributed by atoms with Gasteiger partial charge in [-0.05, 0) is 12.1 Å². The highest BCUT2D eigenvalue weighted by Crippen LogP contribution is 2.41. The molecule has 0 aliphatic carbocycles. The van der Waals surface area contributed by atoms with E-state index < -0.39 is 34.8 Å². The normalized spacial score (nSPS) is 18.5. The first-order valence-corrected chi connectivity index (χ1v) is 8.42. The third-order valence-corrected chi connectivity index (χ3v) is 4.88. The molecule has 0 unspecified atom stereocenters. The molecule has 26 heavy (non-hydrogen) atoms. The van der Waals surface area contributed by atoms with Crippen LogP contribution in [0.2, 0.25) is 0 Å². The van der Waals surface area contributed by atoms with E-state index in [-0.39, 0.29) is 22.0 Å². The van der Waals surface area contributed by atoms with Crippen molar-refractivity contribution in [2.45, 2.75) is 13.8 Å². The molecule has 0 aromatic heterocycles. The van der Waals surface area contributed by atoms with Gasteiger partial charge in [0.25, 0.3) is 0 Å². The Kier molecular flexibility index (Phi) is 5.63. The number of halogens is 2. The van der Waals surface area contributed by atoms with Crippen LogP contribution in [0.15, 0.2) is 28.8 Å². The number of carbonyl (C=O) groups is 2. The molecule has 9 heteroatoms. The second-order valence-electron chi connectivity index (χ2n) is 6.05. The van der Waals surface area contributed by atoms with Crippen LogP contribution in [0.1, 0.15) is 13.8 Å². The zero-order valence-electron chi connectivity index (χ0n) is 13.9. The van der Waals surface area contributed by atoms with Crippen LogP contribution in [-0.2, 0) is 9.59 Å². The first-order chi connectivity index (χ1) is 12.2. The van der Waals surface area contributed by atoms with E-state index in [0.717, 1.165) is 30.0 Å². The van der Waals surface area contributed by atoms with Crippen molar-refractivity contribution in [2.24, 2.45) is 11.3 Å². The highest BCUT2D eigenvalue weighted by Gasteiger charge is 2.44. The Morgan fingerprint density at radius 2 is 2.08 bits per heavy atom. The molecule has 1 aromatic carbocycles. The third kappa shape index (κ3) is 3.84. The molecule has 0 radical (unpaired) electrons. The molecule has 1 aliphatic heterocycles. The van der Waals surface area contributed by atoms with E-state index in [2.05, 4.69) is 10.6 Å². The van der Waals surface area contributed by atoms with Crippen molar-refractivity contribution < 1.29 is 18.4 Å². The minimum absolute atomic E-state index is 0.170. The lowest BCUT2D eigenvalue weighted by Gasteiger charge is -2.34. The number of thioether (sulfide) groups is 1. The van der Waals surface area contributed by atoms with Crippen molar-refractivity contribution in [3.8, 4) is 12.1 Å².